The highest BCUT2D eigenvalue weighted by atomic mass is 16.3. The Morgan fingerprint density at radius 2 is 1.19 bits per heavy atom. The molecule has 0 aromatic rings. The molecule has 0 aliphatic rings. The first-order valence-electron chi connectivity index (χ1n) is 9.13. The van der Waals surface area contributed by atoms with E-state index in [-0.39, 0.29) is 17.4 Å². The molecule has 0 bridgehead atoms. The van der Waals surface area contributed by atoms with Gasteiger partial charge in [0.1, 0.15) is 0 Å². The number of hydrogen-bond donors (Lipinski definition) is 2. The molecule has 0 aliphatic carbocycles. The third-order valence-electron chi connectivity index (χ3n) is 4.77. The highest BCUT2D eigenvalue weighted by Gasteiger charge is 2.42. The minimum Gasteiger partial charge on any atom is -0.396 e. The van der Waals surface area contributed by atoms with Crippen LogP contribution in [0.1, 0.15) is 98.8 Å². The average Bonchev–Trinajstić information content (AvgIpc) is 2.44. The molecule has 0 saturated carbocycles. The Bertz CT molecular complexity index is 230. The highest BCUT2D eigenvalue weighted by molar-refractivity contribution is 4.92. The minimum absolute atomic E-state index is 0.115. The molecule has 0 saturated heterocycles. The van der Waals surface area contributed by atoms with E-state index in [1.165, 1.54) is 38.5 Å². The Kier molecular flexibility index (Phi) is 10.6. The first-order chi connectivity index (χ1) is 9.84. The summed E-state index contributed by atoms with van der Waals surface area (Å²) in [6.07, 6.45) is 11.1. The Morgan fingerprint density at radius 3 is 1.48 bits per heavy atom. The van der Waals surface area contributed by atoms with Crippen LogP contribution in [0.2, 0.25) is 0 Å². The monoisotopic (exact) mass is 300 g/mol. The first-order valence-corrected chi connectivity index (χ1v) is 9.13. The van der Waals surface area contributed by atoms with E-state index in [1.54, 1.807) is 0 Å². The maximum Gasteiger partial charge on any atom is 0.0666 e. The van der Waals surface area contributed by atoms with Crippen LogP contribution in [0.4, 0.5) is 0 Å². The standard InChI is InChI=1S/C19H40O2/c1-6-8-10-12-14-19(16-20,15-13-11-9-7-2)17(21)18(3,4)5/h17,20-21H,6-16H2,1-5H3. The Morgan fingerprint density at radius 1 is 0.762 bits per heavy atom. The van der Waals surface area contributed by atoms with Gasteiger partial charge >= 0.3 is 0 Å². The van der Waals surface area contributed by atoms with Crippen molar-refractivity contribution in [3.8, 4) is 0 Å². The second kappa shape index (κ2) is 10.6. The zero-order valence-electron chi connectivity index (χ0n) is 15.2. The number of rotatable bonds is 12. The van der Waals surface area contributed by atoms with E-state index >= 15 is 0 Å². The lowest BCUT2D eigenvalue weighted by molar-refractivity contribution is -0.0883. The lowest BCUT2D eigenvalue weighted by atomic mass is 9.66. The summed E-state index contributed by atoms with van der Waals surface area (Å²) in [7, 11) is 0. The van der Waals surface area contributed by atoms with Crippen LogP contribution in [0.25, 0.3) is 0 Å². The Labute approximate surface area is 133 Å². The fourth-order valence-corrected chi connectivity index (χ4v) is 3.37. The van der Waals surface area contributed by atoms with Crippen LogP contribution in [0, 0.1) is 10.8 Å². The summed E-state index contributed by atoms with van der Waals surface area (Å²) in [6, 6.07) is 0. The summed E-state index contributed by atoms with van der Waals surface area (Å²) in [5, 5.41) is 20.9. The summed E-state index contributed by atoms with van der Waals surface area (Å²) in [4.78, 5) is 0. The summed E-state index contributed by atoms with van der Waals surface area (Å²) >= 11 is 0. The lowest BCUT2D eigenvalue weighted by Gasteiger charge is -2.43. The van der Waals surface area contributed by atoms with Crippen molar-refractivity contribution in [2.75, 3.05) is 6.61 Å². The molecule has 0 heterocycles. The smallest absolute Gasteiger partial charge is 0.0666 e. The third kappa shape index (κ3) is 7.65. The minimum atomic E-state index is -0.432. The topological polar surface area (TPSA) is 40.5 Å². The maximum absolute atomic E-state index is 10.8. The van der Waals surface area contributed by atoms with Crippen molar-refractivity contribution in [2.24, 2.45) is 10.8 Å². The van der Waals surface area contributed by atoms with E-state index in [0.29, 0.717) is 0 Å². The molecule has 128 valence electrons. The molecule has 2 heteroatoms. The van der Waals surface area contributed by atoms with Gasteiger partial charge in [0, 0.05) is 5.41 Å². The van der Waals surface area contributed by atoms with Gasteiger partial charge in [0.05, 0.1) is 12.7 Å². The van der Waals surface area contributed by atoms with Crippen LogP contribution in [0.5, 0.6) is 0 Å². The van der Waals surface area contributed by atoms with Crippen molar-refractivity contribution in [3.63, 3.8) is 0 Å². The van der Waals surface area contributed by atoms with Gasteiger partial charge in [0.2, 0.25) is 0 Å². The quantitative estimate of drug-likeness (QED) is 0.479. The van der Waals surface area contributed by atoms with Gasteiger partial charge in [0.25, 0.3) is 0 Å². The second-order valence-corrected chi connectivity index (χ2v) is 7.91. The summed E-state index contributed by atoms with van der Waals surface area (Å²) in [5.74, 6) is 0. The predicted molar refractivity (Wildman–Crippen MR) is 92.5 cm³/mol. The van der Waals surface area contributed by atoms with Crippen LogP contribution in [0.3, 0.4) is 0 Å². The number of aliphatic hydroxyl groups excluding tert-OH is 2. The largest absolute Gasteiger partial charge is 0.396 e. The van der Waals surface area contributed by atoms with Crippen molar-refractivity contribution in [1.82, 2.24) is 0 Å². The van der Waals surface area contributed by atoms with Crippen LogP contribution in [-0.4, -0.2) is 22.9 Å². The van der Waals surface area contributed by atoms with Crippen LogP contribution < -0.4 is 0 Å². The van der Waals surface area contributed by atoms with Crippen LogP contribution >= 0.6 is 0 Å². The summed E-state index contributed by atoms with van der Waals surface area (Å²) < 4.78 is 0. The summed E-state index contributed by atoms with van der Waals surface area (Å²) in [5.41, 5.74) is -0.474. The third-order valence-corrected chi connectivity index (χ3v) is 4.77. The van der Waals surface area contributed by atoms with Gasteiger partial charge in [-0.2, -0.15) is 0 Å². The van der Waals surface area contributed by atoms with Gasteiger partial charge in [0.15, 0.2) is 0 Å². The van der Waals surface area contributed by atoms with Crippen molar-refractivity contribution in [2.45, 2.75) is 105 Å². The normalized spacial score (nSPS) is 14.4. The van der Waals surface area contributed by atoms with E-state index in [4.69, 9.17) is 0 Å². The zero-order chi connectivity index (χ0) is 16.4. The fraction of sp³-hybridized carbons (Fsp3) is 1.00. The molecule has 2 nitrogen and oxygen atoms in total. The second-order valence-electron chi connectivity index (χ2n) is 7.91. The molecule has 0 aromatic heterocycles. The molecule has 0 radical (unpaired) electrons. The van der Waals surface area contributed by atoms with Gasteiger partial charge in [-0.1, -0.05) is 86.0 Å². The summed E-state index contributed by atoms with van der Waals surface area (Å²) in [6.45, 7) is 10.8. The molecule has 0 aromatic carbocycles. The molecule has 1 unspecified atom stereocenters. The molecule has 0 fully saturated rings. The van der Waals surface area contributed by atoms with E-state index in [0.717, 1.165) is 25.7 Å². The lowest BCUT2D eigenvalue weighted by Crippen LogP contribution is -2.46. The van der Waals surface area contributed by atoms with Gasteiger partial charge < -0.3 is 10.2 Å². The van der Waals surface area contributed by atoms with Gasteiger partial charge in [-0.25, -0.2) is 0 Å². The van der Waals surface area contributed by atoms with E-state index in [9.17, 15) is 10.2 Å². The van der Waals surface area contributed by atoms with E-state index in [2.05, 4.69) is 34.6 Å². The molecule has 21 heavy (non-hydrogen) atoms. The molecule has 0 amide bonds. The van der Waals surface area contributed by atoms with Crippen molar-refractivity contribution < 1.29 is 10.2 Å². The molecule has 2 N–H and O–H groups in total. The fourth-order valence-electron chi connectivity index (χ4n) is 3.37. The zero-order valence-corrected chi connectivity index (χ0v) is 15.2. The molecule has 0 rings (SSSR count). The van der Waals surface area contributed by atoms with Gasteiger partial charge in [-0.3, -0.25) is 0 Å². The Hall–Kier alpha value is -0.0800. The SMILES string of the molecule is CCCCCCC(CO)(CCCCCC)C(O)C(C)(C)C. The van der Waals surface area contributed by atoms with Gasteiger partial charge in [-0.15, -0.1) is 0 Å². The van der Waals surface area contributed by atoms with Gasteiger partial charge in [-0.05, 0) is 18.3 Å². The van der Waals surface area contributed by atoms with Crippen molar-refractivity contribution in [3.05, 3.63) is 0 Å². The molecule has 0 aliphatic heterocycles. The maximum atomic E-state index is 10.8. The molecular weight excluding hydrogens is 260 g/mol. The Balaban J connectivity index is 4.74. The number of aliphatic hydroxyl groups is 2. The average molecular weight is 301 g/mol. The van der Waals surface area contributed by atoms with E-state index < -0.39 is 6.10 Å². The van der Waals surface area contributed by atoms with Crippen molar-refractivity contribution >= 4 is 0 Å². The first kappa shape index (κ1) is 20.9. The molecular formula is C19H40O2. The van der Waals surface area contributed by atoms with Crippen LogP contribution in [0.15, 0.2) is 0 Å². The highest BCUT2D eigenvalue weighted by Crippen LogP contribution is 2.42. The molecule has 0 spiro atoms. The van der Waals surface area contributed by atoms with Crippen molar-refractivity contribution in [1.29, 1.82) is 0 Å². The number of hydrogen-bond acceptors (Lipinski definition) is 2. The van der Waals surface area contributed by atoms with Crippen LogP contribution in [-0.2, 0) is 0 Å². The number of unbranched alkanes of at least 4 members (excludes halogenated alkanes) is 6. The predicted octanol–water partition coefficient (Wildman–Crippen LogP) is 5.31. The molecule has 1 atom stereocenters. The van der Waals surface area contributed by atoms with E-state index in [1.807, 2.05) is 0 Å².